The summed E-state index contributed by atoms with van der Waals surface area (Å²) in [5, 5.41) is 16.3. The van der Waals surface area contributed by atoms with Crippen molar-refractivity contribution in [2.75, 3.05) is 19.0 Å². The van der Waals surface area contributed by atoms with Gasteiger partial charge in [-0.15, -0.1) is 0 Å². The first-order chi connectivity index (χ1) is 20.0. The molecule has 1 aromatic carbocycles. The van der Waals surface area contributed by atoms with E-state index in [-0.39, 0.29) is 23.4 Å². The Morgan fingerprint density at radius 1 is 1.12 bits per heavy atom. The number of hydrogen-bond donors (Lipinski definition) is 2. The summed E-state index contributed by atoms with van der Waals surface area (Å²) in [6, 6.07) is 10.0. The molecule has 11 nitrogen and oxygen atoms in total. The van der Waals surface area contributed by atoms with E-state index < -0.39 is 23.5 Å². The molecule has 0 aliphatic rings. The molecule has 2 N–H and O–H groups in total. The molecule has 0 aliphatic heterocycles. The fourth-order valence-electron chi connectivity index (χ4n) is 4.33. The molecule has 0 bridgehead atoms. The molecule has 0 radical (unpaired) electrons. The van der Waals surface area contributed by atoms with Crippen LogP contribution in [0.5, 0.6) is 5.75 Å². The highest BCUT2D eigenvalue weighted by Crippen LogP contribution is 2.38. The molecule has 12 heteroatoms. The lowest BCUT2D eigenvalue weighted by Crippen LogP contribution is -2.33. The van der Waals surface area contributed by atoms with Crippen LogP contribution in [0.1, 0.15) is 50.1 Å². The Morgan fingerprint density at radius 2 is 1.90 bits per heavy atom. The van der Waals surface area contributed by atoms with Crippen LogP contribution in [0, 0.1) is 0 Å². The third kappa shape index (κ3) is 7.42. The van der Waals surface area contributed by atoms with Gasteiger partial charge in [0.1, 0.15) is 29.4 Å². The predicted molar refractivity (Wildman–Crippen MR) is 157 cm³/mol. The molecule has 42 heavy (non-hydrogen) atoms. The van der Waals surface area contributed by atoms with Crippen LogP contribution < -0.4 is 15.6 Å². The Morgan fingerprint density at radius 3 is 2.52 bits per heavy atom. The highest BCUT2D eigenvalue weighted by molar-refractivity contribution is 6.31. The molecule has 220 valence electrons. The minimum atomic E-state index is -1.19. The number of carboxylic acids is 1. The molecule has 0 spiro atoms. The molecule has 4 aromatic rings. The number of nitrogens with zero attached hydrogens (tertiary/aromatic N) is 3. The van der Waals surface area contributed by atoms with Crippen LogP contribution in [0.25, 0.3) is 22.4 Å². The van der Waals surface area contributed by atoms with E-state index in [0.29, 0.717) is 46.2 Å². The number of anilines is 1. The van der Waals surface area contributed by atoms with Crippen LogP contribution in [-0.2, 0) is 9.53 Å². The van der Waals surface area contributed by atoms with Gasteiger partial charge in [-0.2, -0.15) is 0 Å². The number of ether oxygens (including phenoxy) is 2. The third-order valence-corrected chi connectivity index (χ3v) is 6.53. The van der Waals surface area contributed by atoms with Crippen LogP contribution in [0.3, 0.4) is 0 Å². The molecule has 0 saturated heterocycles. The molecule has 1 atom stereocenters. The molecule has 3 heterocycles. The molecule has 4 rings (SSSR count). The number of carbonyl (C=O) groups excluding carboxylic acids is 1. The number of pyridine rings is 2. The number of rotatable bonds is 11. The van der Waals surface area contributed by atoms with Crippen LogP contribution in [0.2, 0.25) is 5.02 Å². The molecule has 1 amide bonds. The Hall–Kier alpha value is -4.48. The predicted octanol–water partition coefficient (Wildman–Crippen LogP) is 5.70. The van der Waals surface area contributed by atoms with E-state index in [9.17, 15) is 14.4 Å². The van der Waals surface area contributed by atoms with Crippen molar-refractivity contribution < 1.29 is 28.7 Å². The zero-order chi connectivity index (χ0) is 30.4. The first-order valence-corrected chi connectivity index (χ1v) is 13.5. The largest absolute Gasteiger partial charge is 0.495 e. The van der Waals surface area contributed by atoms with Crippen molar-refractivity contribution in [2.24, 2.45) is 0 Å². The molecular formula is C30H31ClN4O7. The molecule has 0 unspecified atom stereocenters. The van der Waals surface area contributed by atoms with E-state index in [1.807, 2.05) is 20.8 Å². The van der Waals surface area contributed by atoms with Gasteiger partial charge in [0, 0.05) is 34.9 Å². The maximum absolute atomic E-state index is 13.6. The number of carboxylic acid groups (broad SMARTS) is 1. The second-order valence-corrected chi connectivity index (χ2v) is 10.9. The van der Waals surface area contributed by atoms with E-state index in [1.54, 1.807) is 24.3 Å². The lowest BCUT2D eigenvalue weighted by Gasteiger charge is -2.23. The summed E-state index contributed by atoms with van der Waals surface area (Å²) in [6.45, 7) is 6.17. The third-order valence-electron chi connectivity index (χ3n) is 6.30. The van der Waals surface area contributed by atoms with Crippen LogP contribution in [0.4, 0.5) is 5.69 Å². The molecule has 3 aromatic heterocycles. The fraction of sp³-hybridized carbons (Fsp3) is 0.300. The Bertz CT molecular complexity index is 1610. The lowest BCUT2D eigenvalue weighted by atomic mass is 9.97. The minimum absolute atomic E-state index is 0.161. The zero-order valence-electron chi connectivity index (χ0n) is 23.6. The maximum Gasteiger partial charge on any atom is 0.354 e. The van der Waals surface area contributed by atoms with Gasteiger partial charge in [0.25, 0.3) is 5.56 Å². The van der Waals surface area contributed by atoms with Crippen molar-refractivity contribution in [3.63, 3.8) is 0 Å². The average Bonchev–Trinajstić information content (AvgIpc) is 3.48. The van der Waals surface area contributed by atoms with Crippen molar-refractivity contribution in [2.45, 2.75) is 45.3 Å². The van der Waals surface area contributed by atoms with E-state index in [2.05, 4.69) is 15.5 Å². The molecule has 0 aliphatic carbocycles. The summed E-state index contributed by atoms with van der Waals surface area (Å²) < 4.78 is 17.8. The van der Waals surface area contributed by atoms with E-state index in [1.165, 1.54) is 48.5 Å². The van der Waals surface area contributed by atoms with Gasteiger partial charge in [-0.1, -0.05) is 22.8 Å². The van der Waals surface area contributed by atoms with Crippen molar-refractivity contribution in [3.8, 4) is 28.1 Å². The standard InChI is InChI=1S/C30H31ClN4O7/c1-30(2,3)41-12-5-6-25(28(37)33-19-8-10-24(29(38)39)32-16-19)35-17-26(40-4)22(15-27(35)36)21-14-18(31)7-9-20(21)23-11-13-42-34-23/h7-11,13-17,25H,5-6,12H2,1-4H3,(H,33,37)(H,38,39)/t25-/m0/s1. The monoisotopic (exact) mass is 594 g/mol. The van der Waals surface area contributed by atoms with Crippen molar-refractivity contribution in [3.05, 3.63) is 82.2 Å². The molecular weight excluding hydrogens is 564 g/mol. The second-order valence-electron chi connectivity index (χ2n) is 10.4. The first kappa shape index (κ1) is 30.5. The normalized spacial score (nSPS) is 12.1. The number of aromatic nitrogens is 3. The number of benzene rings is 1. The van der Waals surface area contributed by atoms with Gasteiger partial charge in [0.05, 0.1) is 30.8 Å². The van der Waals surface area contributed by atoms with Gasteiger partial charge >= 0.3 is 5.97 Å². The van der Waals surface area contributed by atoms with Gasteiger partial charge < -0.3 is 24.4 Å². The van der Waals surface area contributed by atoms with E-state index in [0.717, 1.165) is 0 Å². The SMILES string of the molecule is COc1cn([C@@H](CCCOC(C)(C)C)C(=O)Nc2ccc(C(=O)O)nc2)c(=O)cc1-c1cc(Cl)ccc1-c1ccon1. The Labute approximate surface area is 247 Å². The van der Waals surface area contributed by atoms with Crippen LogP contribution in [-0.4, -0.2) is 51.0 Å². The van der Waals surface area contributed by atoms with Gasteiger partial charge in [-0.3, -0.25) is 14.2 Å². The van der Waals surface area contributed by atoms with Gasteiger partial charge in [0.15, 0.2) is 0 Å². The van der Waals surface area contributed by atoms with Crippen molar-refractivity contribution >= 4 is 29.2 Å². The van der Waals surface area contributed by atoms with Crippen molar-refractivity contribution in [1.82, 2.24) is 14.7 Å². The number of halogens is 1. The van der Waals surface area contributed by atoms with Gasteiger partial charge in [-0.05, 0) is 63.4 Å². The fourth-order valence-corrected chi connectivity index (χ4v) is 4.50. The number of amides is 1. The summed E-state index contributed by atoms with van der Waals surface area (Å²) in [5.74, 6) is -1.34. The summed E-state index contributed by atoms with van der Waals surface area (Å²) in [7, 11) is 1.47. The number of nitrogens with one attached hydrogen (secondary N) is 1. The summed E-state index contributed by atoms with van der Waals surface area (Å²) in [5.41, 5.74) is 1.59. The minimum Gasteiger partial charge on any atom is -0.495 e. The quantitative estimate of drug-likeness (QED) is 0.209. The van der Waals surface area contributed by atoms with Gasteiger partial charge in [-0.25, -0.2) is 9.78 Å². The summed E-state index contributed by atoms with van der Waals surface area (Å²) in [4.78, 5) is 42.2. The Kier molecular flexibility index (Phi) is 9.44. The topological polar surface area (TPSA) is 146 Å². The molecule has 0 saturated carbocycles. The lowest BCUT2D eigenvalue weighted by molar-refractivity contribution is -0.119. The van der Waals surface area contributed by atoms with Gasteiger partial charge in [0.2, 0.25) is 5.91 Å². The van der Waals surface area contributed by atoms with E-state index >= 15 is 0 Å². The number of carbonyl (C=O) groups is 2. The summed E-state index contributed by atoms with van der Waals surface area (Å²) in [6.07, 6.45) is 4.93. The number of aromatic carboxylic acids is 1. The summed E-state index contributed by atoms with van der Waals surface area (Å²) >= 11 is 6.32. The number of methoxy groups -OCH3 is 1. The van der Waals surface area contributed by atoms with Crippen LogP contribution >= 0.6 is 11.6 Å². The van der Waals surface area contributed by atoms with Crippen LogP contribution in [0.15, 0.2) is 70.4 Å². The van der Waals surface area contributed by atoms with Crippen molar-refractivity contribution in [1.29, 1.82) is 0 Å². The first-order valence-electron chi connectivity index (χ1n) is 13.1. The highest BCUT2D eigenvalue weighted by atomic mass is 35.5. The van der Waals surface area contributed by atoms with E-state index in [4.69, 9.17) is 30.7 Å². The maximum atomic E-state index is 13.6. The number of hydrogen-bond acceptors (Lipinski definition) is 8. The smallest absolute Gasteiger partial charge is 0.354 e. The highest BCUT2D eigenvalue weighted by Gasteiger charge is 2.25. The molecule has 0 fully saturated rings. The average molecular weight is 595 g/mol. The zero-order valence-corrected chi connectivity index (χ0v) is 24.3. The second kappa shape index (κ2) is 13.0. The Balaban J connectivity index is 1.72.